The fraction of sp³-hybridized carbons (Fsp3) is 0.250. The van der Waals surface area contributed by atoms with Crippen molar-refractivity contribution in [3.05, 3.63) is 71.4 Å². The number of nitrogens with one attached hydrogen (secondary N) is 1. The van der Waals surface area contributed by atoms with Gasteiger partial charge in [-0.1, -0.05) is 12.1 Å². The molecular weight excluding hydrogens is 451 g/mol. The SMILES string of the molecule is COc1ccc(NC(=O)c2cccc3c2OC[C@H](CO)N3c2ccc(C)cn2)cc1C(F)(F)F. The van der Waals surface area contributed by atoms with Crippen LogP contribution in [0.5, 0.6) is 11.5 Å². The Morgan fingerprint density at radius 3 is 2.71 bits per heavy atom. The monoisotopic (exact) mass is 473 g/mol. The number of alkyl halides is 3. The van der Waals surface area contributed by atoms with Crippen LogP contribution >= 0.6 is 0 Å². The predicted octanol–water partition coefficient (Wildman–Crippen LogP) is 4.56. The number of halogens is 3. The number of benzene rings is 2. The smallest absolute Gasteiger partial charge is 0.420 e. The summed E-state index contributed by atoms with van der Waals surface area (Å²) in [6, 6.07) is 11.4. The molecule has 10 heteroatoms. The molecule has 0 bridgehead atoms. The van der Waals surface area contributed by atoms with E-state index >= 15 is 0 Å². The molecule has 0 fully saturated rings. The highest BCUT2D eigenvalue weighted by atomic mass is 19.4. The average Bonchev–Trinajstić information content (AvgIpc) is 2.82. The van der Waals surface area contributed by atoms with E-state index in [4.69, 9.17) is 9.47 Å². The minimum Gasteiger partial charge on any atom is -0.496 e. The first-order chi connectivity index (χ1) is 16.2. The molecule has 2 heterocycles. The summed E-state index contributed by atoms with van der Waals surface area (Å²) in [4.78, 5) is 19.3. The van der Waals surface area contributed by atoms with Crippen LogP contribution in [0.2, 0.25) is 0 Å². The number of ether oxygens (including phenoxy) is 2. The molecule has 2 aromatic carbocycles. The van der Waals surface area contributed by atoms with E-state index in [1.807, 2.05) is 13.0 Å². The van der Waals surface area contributed by atoms with E-state index in [1.54, 1.807) is 29.3 Å². The fourth-order valence-corrected chi connectivity index (χ4v) is 3.75. The predicted molar refractivity (Wildman–Crippen MR) is 120 cm³/mol. The third-order valence-corrected chi connectivity index (χ3v) is 5.40. The molecule has 3 aromatic rings. The highest BCUT2D eigenvalue weighted by Gasteiger charge is 2.35. The number of hydrogen-bond acceptors (Lipinski definition) is 6. The van der Waals surface area contributed by atoms with Gasteiger partial charge in [0.15, 0.2) is 5.75 Å². The maximum atomic E-state index is 13.4. The van der Waals surface area contributed by atoms with Gasteiger partial charge in [0.05, 0.1) is 36.6 Å². The maximum Gasteiger partial charge on any atom is 0.420 e. The summed E-state index contributed by atoms with van der Waals surface area (Å²) in [5.41, 5.74) is 0.567. The Balaban J connectivity index is 1.69. The second-order valence-electron chi connectivity index (χ2n) is 7.73. The van der Waals surface area contributed by atoms with Crippen molar-refractivity contribution >= 4 is 23.1 Å². The zero-order valence-corrected chi connectivity index (χ0v) is 18.4. The summed E-state index contributed by atoms with van der Waals surface area (Å²) in [7, 11) is 1.14. The minimum absolute atomic E-state index is 0.0446. The van der Waals surface area contributed by atoms with E-state index in [0.29, 0.717) is 11.5 Å². The Kier molecular flexibility index (Phi) is 6.34. The number of amides is 1. The molecule has 0 saturated heterocycles. The molecule has 178 valence electrons. The molecule has 4 rings (SSSR count). The van der Waals surface area contributed by atoms with Crippen molar-refractivity contribution in [2.24, 2.45) is 0 Å². The van der Waals surface area contributed by atoms with Crippen LogP contribution in [0.3, 0.4) is 0 Å². The van der Waals surface area contributed by atoms with Gasteiger partial charge in [-0.25, -0.2) is 4.98 Å². The van der Waals surface area contributed by atoms with Gasteiger partial charge in [-0.2, -0.15) is 13.2 Å². The van der Waals surface area contributed by atoms with Crippen LogP contribution < -0.4 is 19.7 Å². The summed E-state index contributed by atoms with van der Waals surface area (Å²) >= 11 is 0. The first-order valence-corrected chi connectivity index (χ1v) is 10.4. The Labute approximate surface area is 193 Å². The van der Waals surface area contributed by atoms with Crippen molar-refractivity contribution < 1.29 is 32.5 Å². The first kappa shape index (κ1) is 23.4. The topological polar surface area (TPSA) is 83.9 Å². The van der Waals surface area contributed by atoms with Crippen LogP contribution in [0.1, 0.15) is 21.5 Å². The van der Waals surface area contributed by atoms with E-state index in [1.165, 1.54) is 12.1 Å². The quantitative estimate of drug-likeness (QED) is 0.565. The number of aromatic nitrogens is 1. The van der Waals surface area contributed by atoms with E-state index in [2.05, 4.69) is 10.3 Å². The second kappa shape index (κ2) is 9.22. The van der Waals surface area contributed by atoms with Crippen LogP contribution in [0.4, 0.5) is 30.4 Å². The molecule has 0 spiro atoms. The van der Waals surface area contributed by atoms with Crippen molar-refractivity contribution in [3.8, 4) is 11.5 Å². The normalized spacial score (nSPS) is 15.4. The molecule has 1 atom stereocenters. The van der Waals surface area contributed by atoms with Gasteiger partial charge in [0.2, 0.25) is 0 Å². The minimum atomic E-state index is -4.65. The summed E-state index contributed by atoms with van der Waals surface area (Å²) in [6.45, 7) is 1.78. The number of carbonyl (C=O) groups excluding carboxylic acids is 1. The number of aliphatic hydroxyl groups is 1. The van der Waals surface area contributed by atoms with Crippen LogP contribution in [-0.2, 0) is 6.18 Å². The molecule has 2 N–H and O–H groups in total. The third kappa shape index (κ3) is 4.49. The number of anilines is 3. The van der Waals surface area contributed by atoms with Crippen LogP contribution in [-0.4, -0.2) is 42.4 Å². The highest BCUT2D eigenvalue weighted by Crippen LogP contribution is 2.41. The van der Waals surface area contributed by atoms with Crippen LogP contribution in [0, 0.1) is 6.92 Å². The highest BCUT2D eigenvalue weighted by molar-refractivity contribution is 6.07. The molecule has 0 aliphatic carbocycles. The Morgan fingerprint density at radius 2 is 2.06 bits per heavy atom. The first-order valence-electron chi connectivity index (χ1n) is 10.4. The van der Waals surface area contributed by atoms with Crippen molar-refractivity contribution in [2.75, 3.05) is 30.5 Å². The number of rotatable bonds is 5. The molecule has 34 heavy (non-hydrogen) atoms. The van der Waals surface area contributed by atoms with E-state index < -0.39 is 23.7 Å². The standard InChI is InChI=1S/C24H22F3N3O4/c1-14-6-9-21(28-11-14)30-16(12-31)13-34-22-17(4-3-5-19(22)30)23(32)29-15-7-8-20(33-2)18(10-15)24(25,26)27/h3-11,16,31H,12-13H2,1-2H3,(H,29,32)/t16-/m0/s1. The Bertz CT molecular complexity index is 1200. The summed E-state index contributed by atoms with van der Waals surface area (Å²) in [5, 5.41) is 12.4. The van der Waals surface area contributed by atoms with Crippen LogP contribution in [0.15, 0.2) is 54.7 Å². The summed E-state index contributed by atoms with van der Waals surface area (Å²) in [5.74, 6) is -0.176. The number of pyridine rings is 1. The fourth-order valence-electron chi connectivity index (χ4n) is 3.75. The Hall–Kier alpha value is -3.79. The second-order valence-corrected chi connectivity index (χ2v) is 7.73. The molecular formula is C24H22F3N3O4. The molecule has 1 aromatic heterocycles. The molecule has 7 nitrogen and oxygen atoms in total. The summed E-state index contributed by atoms with van der Waals surface area (Å²) < 4.78 is 50.7. The lowest BCUT2D eigenvalue weighted by Crippen LogP contribution is -2.43. The van der Waals surface area contributed by atoms with Crippen molar-refractivity contribution in [3.63, 3.8) is 0 Å². The van der Waals surface area contributed by atoms with Gasteiger partial charge in [0.1, 0.15) is 18.2 Å². The average molecular weight is 473 g/mol. The summed E-state index contributed by atoms with van der Waals surface area (Å²) in [6.07, 6.45) is -2.96. The lowest BCUT2D eigenvalue weighted by molar-refractivity contribution is -0.138. The number of aliphatic hydroxyl groups excluding tert-OH is 1. The molecule has 1 amide bonds. The molecule has 1 aliphatic rings. The molecule has 0 radical (unpaired) electrons. The van der Waals surface area contributed by atoms with E-state index in [9.17, 15) is 23.1 Å². The zero-order chi connectivity index (χ0) is 24.5. The number of fused-ring (bicyclic) bond motifs is 1. The lowest BCUT2D eigenvalue weighted by atomic mass is 10.1. The van der Waals surface area contributed by atoms with Crippen molar-refractivity contribution in [2.45, 2.75) is 19.1 Å². The largest absolute Gasteiger partial charge is 0.496 e. The van der Waals surface area contributed by atoms with Crippen molar-refractivity contribution in [1.29, 1.82) is 0 Å². The van der Waals surface area contributed by atoms with E-state index in [0.717, 1.165) is 24.8 Å². The third-order valence-electron chi connectivity index (χ3n) is 5.40. The number of methoxy groups -OCH3 is 1. The molecule has 0 saturated carbocycles. The van der Waals surface area contributed by atoms with Crippen molar-refractivity contribution in [1.82, 2.24) is 4.98 Å². The van der Waals surface area contributed by atoms with E-state index in [-0.39, 0.29) is 36.0 Å². The number of carbonyl (C=O) groups is 1. The number of hydrogen-bond donors (Lipinski definition) is 2. The number of aryl methyl sites for hydroxylation is 1. The number of nitrogens with zero attached hydrogens (tertiary/aromatic N) is 2. The van der Waals surface area contributed by atoms with Gasteiger partial charge in [-0.3, -0.25) is 4.79 Å². The molecule has 1 aliphatic heterocycles. The maximum absolute atomic E-state index is 13.4. The Morgan fingerprint density at radius 1 is 1.26 bits per heavy atom. The van der Waals surface area contributed by atoms with Gasteiger partial charge in [-0.05, 0) is 48.9 Å². The van der Waals surface area contributed by atoms with Gasteiger partial charge in [-0.15, -0.1) is 0 Å². The molecule has 0 unspecified atom stereocenters. The van der Waals surface area contributed by atoms with Gasteiger partial charge >= 0.3 is 6.18 Å². The zero-order valence-electron chi connectivity index (χ0n) is 18.4. The van der Waals surface area contributed by atoms with Gasteiger partial charge in [0, 0.05) is 11.9 Å². The van der Waals surface area contributed by atoms with Gasteiger partial charge in [0.25, 0.3) is 5.91 Å². The number of para-hydroxylation sites is 1. The van der Waals surface area contributed by atoms with Gasteiger partial charge < -0.3 is 24.8 Å². The lowest BCUT2D eigenvalue weighted by Gasteiger charge is -2.37. The van der Waals surface area contributed by atoms with Crippen LogP contribution in [0.25, 0.3) is 0 Å².